The van der Waals surface area contributed by atoms with Crippen LogP contribution in [0.25, 0.3) is 0 Å². The first kappa shape index (κ1) is 14.2. The number of hydrogen-bond acceptors (Lipinski definition) is 4. The van der Waals surface area contributed by atoms with E-state index in [1.807, 2.05) is 19.9 Å². The molecule has 102 valence electrons. The summed E-state index contributed by atoms with van der Waals surface area (Å²) in [6, 6.07) is 9.30. The Hall–Kier alpha value is -2.25. The fourth-order valence-electron chi connectivity index (χ4n) is 1.92. The maximum Gasteiger partial charge on any atom is 0.148 e. The van der Waals surface area contributed by atoms with Gasteiger partial charge in [-0.25, -0.2) is 4.98 Å². The van der Waals surface area contributed by atoms with Crippen LogP contribution in [0.3, 0.4) is 0 Å². The molecule has 4 nitrogen and oxygen atoms in total. The summed E-state index contributed by atoms with van der Waals surface area (Å²) in [5.41, 5.74) is 2.87. The molecule has 0 unspecified atom stereocenters. The maximum atomic E-state index is 9.25. The van der Waals surface area contributed by atoms with Crippen molar-refractivity contribution < 1.29 is 4.74 Å². The highest BCUT2D eigenvalue weighted by molar-refractivity contribution is 6.33. The molecule has 0 fully saturated rings. The van der Waals surface area contributed by atoms with Crippen molar-refractivity contribution in [2.24, 2.45) is 0 Å². The van der Waals surface area contributed by atoms with Crippen molar-refractivity contribution in [1.29, 1.82) is 5.26 Å². The quantitative estimate of drug-likeness (QED) is 0.928. The molecule has 0 bridgehead atoms. The zero-order valence-corrected chi connectivity index (χ0v) is 12.2. The molecule has 2 rings (SSSR count). The SMILES string of the molecule is COc1ccc(Cl)c(Nc2nc(C)cc(C)c2C#N)c1. The second-order valence-corrected chi connectivity index (χ2v) is 4.79. The minimum atomic E-state index is 0.500. The Morgan fingerprint density at radius 1 is 1.30 bits per heavy atom. The molecular formula is C15H14ClN3O. The summed E-state index contributed by atoms with van der Waals surface area (Å²) in [7, 11) is 1.59. The molecule has 0 atom stereocenters. The van der Waals surface area contributed by atoms with Gasteiger partial charge in [-0.1, -0.05) is 11.6 Å². The lowest BCUT2D eigenvalue weighted by molar-refractivity contribution is 0.415. The Kier molecular flexibility index (Phi) is 4.11. The van der Waals surface area contributed by atoms with Crippen molar-refractivity contribution in [2.45, 2.75) is 13.8 Å². The summed E-state index contributed by atoms with van der Waals surface area (Å²) < 4.78 is 5.17. The number of rotatable bonds is 3. The van der Waals surface area contributed by atoms with Crippen molar-refractivity contribution in [3.63, 3.8) is 0 Å². The highest BCUT2D eigenvalue weighted by Gasteiger charge is 2.11. The van der Waals surface area contributed by atoms with Crippen LogP contribution in [0.4, 0.5) is 11.5 Å². The zero-order valence-electron chi connectivity index (χ0n) is 11.5. The number of aromatic nitrogens is 1. The number of aryl methyl sites for hydroxylation is 2. The summed E-state index contributed by atoms with van der Waals surface area (Å²) in [6.07, 6.45) is 0. The Morgan fingerprint density at radius 2 is 2.05 bits per heavy atom. The van der Waals surface area contributed by atoms with Gasteiger partial charge < -0.3 is 10.1 Å². The fraction of sp³-hybridized carbons (Fsp3) is 0.200. The van der Waals surface area contributed by atoms with Gasteiger partial charge in [0.2, 0.25) is 0 Å². The summed E-state index contributed by atoms with van der Waals surface area (Å²) in [4.78, 5) is 4.36. The molecule has 0 saturated heterocycles. The van der Waals surface area contributed by atoms with Crippen LogP contribution in [0.2, 0.25) is 5.02 Å². The lowest BCUT2D eigenvalue weighted by Crippen LogP contribution is -2.01. The highest BCUT2D eigenvalue weighted by atomic mass is 35.5. The van der Waals surface area contributed by atoms with E-state index in [0.29, 0.717) is 27.8 Å². The van der Waals surface area contributed by atoms with Crippen LogP contribution < -0.4 is 10.1 Å². The van der Waals surface area contributed by atoms with E-state index in [9.17, 15) is 5.26 Å². The van der Waals surface area contributed by atoms with E-state index >= 15 is 0 Å². The van der Waals surface area contributed by atoms with Gasteiger partial charge in [0, 0.05) is 11.8 Å². The number of methoxy groups -OCH3 is 1. The van der Waals surface area contributed by atoms with Crippen molar-refractivity contribution in [2.75, 3.05) is 12.4 Å². The highest BCUT2D eigenvalue weighted by Crippen LogP contribution is 2.30. The van der Waals surface area contributed by atoms with Crippen molar-refractivity contribution in [3.05, 3.63) is 46.1 Å². The number of hydrogen-bond donors (Lipinski definition) is 1. The van der Waals surface area contributed by atoms with E-state index in [1.165, 1.54) is 0 Å². The molecular weight excluding hydrogens is 274 g/mol. The lowest BCUT2D eigenvalue weighted by Gasteiger charge is -2.12. The summed E-state index contributed by atoms with van der Waals surface area (Å²) >= 11 is 6.15. The van der Waals surface area contributed by atoms with Gasteiger partial charge in [-0.05, 0) is 37.6 Å². The molecule has 0 radical (unpaired) electrons. The Morgan fingerprint density at radius 3 is 2.70 bits per heavy atom. The molecule has 1 N–H and O–H groups in total. The van der Waals surface area contributed by atoms with Crippen molar-refractivity contribution in [3.8, 4) is 11.8 Å². The minimum absolute atomic E-state index is 0.500. The zero-order chi connectivity index (χ0) is 14.7. The van der Waals surface area contributed by atoms with Gasteiger partial charge in [-0.2, -0.15) is 5.26 Å². The first-order valence-corrected chi connectivity index (χ1v) is 6.42. The van der Waals surface area contributed by atoms with Gasteiger partial charge in [0.15, 0.2) is 0 Å². The first-order chi connectivity index (χ1) is 9.55. The van der Waals surface area contributed by atoms with E-state index in [4.69, 9.17) is 16.3 Å². The molecule has 0 amide bonds. The summed E-state index contributed by atoms with van der Waals surface area (Å²) in [5.74, 6) is 1.18. The minimum Gasteiger partial charge on any atom is -0.497 e. The van der Waals surface area contributed by atoms with Crippen molar-refractivity contribution >= 4 is 23.1 Å². The summed E-state index contributed by atoms with van der Waals surface area (Å²) in [5, 5.41) is 12.9. The van der Waals surface area contributed by atoms with Gasteiger partial charge >= 0.3 is 0 Å². The third-order valence-corrected chi connectivity index (χ3v) is 3.21. The topological polar surface area (TPSA) is 57.9 Å². The van der Waals surface area contributed by atoms with Crippen LogP contribution in [0.5, 0.6) is 5.75 Å². The molecule has 0 aliphatic heterocycles. The average Bonchev–Trinajstić information content (AvgIpc) is 2.41. The third-order valence-electron chi connectivity index (χ3n) is 2.88. The molecule has 0 aliphatic rings. The largest absolute Gasteiger partial charge is 0.497 e. The van der Waals surface area contributed by atoms with Crippen LogP contribution in [0.1, 0.15) is 16.8 Å². The van der Waals surface area contributed by atoms with E-state index < -0.39 is 0 Å². The lowest BCUT2D eigenvalue weighted by atomic mass is 10.1. The van der Waals surface area contributed by atoms with Gasteiger partial charge in [0.1, 0.15) is 17.6 Å². The molecule has 1 heterocycles. The van der Waals surface area contributed by atoms with E-state index in [1.54, 1.807) is 25.3 Å². The van der Waals surface area contributed by atoms with Gasteiger partial charge in [0.05, 0.1) is 23.4 Å². The van der Waals surface area contributed by atoms with Crippen LogP contribution in [0, 0.1) is 25.2 Å². The average molecular weight is 288 g/mol. The molecule has 0 spiro atoms. The number of nitriles is 1. The Bertz CT molecular complexity index is 692. The third kappa shape index (κ3) is 2.84. The number of nitrogens with one attached hydrogen (secondary N) is 1. The van der Waals surface area contributed by atoms with Crippen molar-refractivity contribution in [1.82, 2.24) is 4.98 Å². The van der Waals surface area contributed by atoms with Crippen LogP contribution >= 0.6 is 11.6 Å². The molecule has 1 aromatic carbocycles. The number of anilines is 2. The smallest absolute Gasteiger partial charge is 0.148 e. The number of pyridine rings is 1. The number of halogens is 1. The van der Waals surface area contributed by atoms with Crippen LogP contribution in [0.15, 0.2) is 24.3 Å². The number of benzene rings is 1. The normalized spacial score (nSPS) is 9.95. The number of nitrogens with zero attached hydrogens (tertiary/aromatic N) is 2. The second kappa shape index (κ2) is 5.81. The fourth-order valence-corrected chi connectivity index (χ4v) is 2.09. The molecule has 0 saturated carbocycles. The van der Waals surface area contributed by atoms with Gasteiger partial charge in [-0.3, -0.25) is 0 Å². The molecule has 20 heavy (non-hydrogen) atoms. The van der Waals surface area contributed by atoms with Gasteiger partial charge in [-0.15, -0.1) is 0 Å². The predicted molar refractivity (Wildman–Crippen MR) is 79.7 cm³/mol. The number of ether oxygens (including phenoxy) is 1. The predicted octanol–water partition coefficient (Wildman–Crippen LogP) is 3.98. The molecule has 0 aliphatic carbocycles. The van der Waals surface area contributed by atoms with E-state index in [-0.39, 0.29) is 0 Å². The van der Waals surface area contributed by atoms with Crippen LogP contribution in [-0.2, 0) is 0 Å². The van der Waals surface area contributed by atoms with Crippen LogP contribution in [-0.4, -0.2) is 12.1 Å². The standard InChI is InChI=1S/C15H14ClN3O/c1-9-6-10(2)18-15(12(9)8-17)19-14-7-11(20-3)4-5-13(14)16/h4-7H,1-3H3,(H,18,19). The molecule has 1 aromatic heterocycles. The first-order valence-electron chi connectivity index (χ1n) is 6.04. The molecule has 5 heteroatoms. The second-order valence-electron chi connectivity index (χ2n) is 4.39. The summed E-state index contributed by atoms with van der Waals surface area (Å²) in [6.45, 7) is 3.76. The Balaban J connectivity index is 2.47. The van der Waals surface area contributed by atoms with Gasteiger partial charge in [0.25, 0.3) is 0 Å². The van der Waals surface area contributed by atoms with E-state index in [0.717, 1.165) is 11.3 Å². The maximum absolute atomic E-state index is 9.25. The monoisotopic (exact) mass is 287 g/mol. The van der Waals surface area contributed by atoms with E-state index in [2.05, 4.69) is 16.4 Å². The molecule has 2 aromatic rings. The Labute approximate surface area is 123 Å².